The highest BCUT2D eigenvalue weighted by molar-refractivity contribution is 7.98. The predicted molar refractivity (Wildman–Crippen MR) is 93.6 cm³/mol. The number of rotatable bonds is 3. The smallest absolute Gasteiger partial charge is 0.0417 e. The first-order chi connectivity index (χ1) is 10.1. The van der Waals surface area contributed by atoms with Gasteiger partial charge in [-0.2, -0.15) is 11.8 Å². The van der Waals surface area contributed by atoms with Crippen molar-refractivity contribution in [1.82, 2.24) is 5.32 Å². The summed E-state index contributed by atoms with van der Waals surface area (Å²) in [5.74, 6) is 4.93. The van der Waals surface area contributed by atoms with Gasteiger partial charge in [-0.05, 0) is 41.7 Å². The number of thioether (sulfide) groups is 1. The third kappa shape index (κ3) is 3.48. The van der Waals surface area contributed by atoms with Crippen molar-refractivity contribution in [3.63, 3.8) is 0 Å². The fourth-order valence-corrected chi connectivity index (χ4v) is 5.28. The Morgan fingerprint density at radius 1 is 1.19 bits per heavy atom. The molecule has 0 saturated heterocycles. The van der Waals surface area contributed by atoms with Crippen molar-refractivity contribution in [3.05, 3.63) is 35.4 Å². The molecule has 0 spiro atoms. The summed E-state index contributed by atoms with van der Waals surface area (Å²) in [6.45, 7) is 7.23. The highest BCUT2D eigenvalue weighted by Gasteiger charge is 2.33. The van der Waals surface area contributed by atoms with Crippen LogP contribution in [-0.4, -0.2) is 11.8 Å². The third-order valence-electron chi connectivity index (χ3n) is 5.41. The van der Waals surface area contributed by atoms with Crippen LogP contribution in [0.4, 0.5) is 0 Å². The van der Waals surface area contributed by atoms with Gasteiger partial charge in [-0.25, -0.2) is 0 Å². The molecule has 2 heteroatoms. The molecule has 3 rings (SSSR count). The summed E-state index contributed by atoms with van der Waals surface area (Å²) in [4.78, 5) is 0. The minimum absolute atomic E-state index is 0.552. The second kappa shape index (κ2) is 6.75. The summed E-state index contributed by atoms with van der Waals surface area (Å²) in [5.41, 5.74) is 3.09. The lowest BCUT2D eigenvalue weighted by Crippen LogP contribution is -2.45. The van der Waals surface area contributed by atoms with Gasteiger partial charge in [0.05, 0.1) is 0 Å². The standard InChI is InChI=1S/C19H29NS/c1-13(2)16-9-8-14(3)10-18(16)20-19-12-21-11-15-6-4-5-7-17(15)19/h4-7,13-14,16,18-20H,8-12H2,1-3H3. The molecule has 1 aliphatic heterocycles. The molecule has 0 bridgehead atoms. The SMILES string of the molecule is CC1CCC(C(C)C)C(NC2CSCc3ccccc32)C1. The van der Waals surface area contributed by atoms with Crippen LogP contribution >= 0.6 is 11.8 Å². The van der Waals surface area contributed by atoms with Gasteiger partial charge in [-0.3, -0.25) is 0 Å². The van der Waals surface area contributed by atoms with Gasteiger partial charge >= 0.3 is 0 Å². The maximum Gasteiger partial charge on any atom is 0.0417 e. The van der Waals surface area contributed by atoms with Gasteiger partial charge in [0.15, 0.2) is 0 Å². The Hall–Kier alpha value is -0.470. The van der Waals surface area contributed by atoms with E-state index in [1.54, 1.807) is 5.56 Å². The van der Waals surface area contributed by atoms with Crippen molar-refractivity contribution < 1.29 is 0 Å². The third-order valence-corrected chi connectivity index (χ3v) is 6.49. The molecule has 1 fully saturated rings. The molecule has 1 N–H and O–H groups in total. The van der Waals surface area contributed by atoms with Crippen LogP contribution in [0.5, 0.6) is 0 Å². The molecular weight excluding hydrogens is 274 g/mol. The van der Waals surface area contributed by atoms with E-state index in [2.05, 4.69) is 62.1 Å². The molecule has 0 radical (unpaired) electrons. The molecule has 21 heavy (non-hydrogen) atoms. The first kappa shape index (κ1) is 15.4. The molecule has 1 aromatic carbocycles. The molecule has 1 heterocycles. The zero-order valence-corrected chi connectivity index (χ0v) is 14.5. The maximum atomic E-state index is 4.06. The zero-order valence-electron chi connectivity index (χ0n) is 13.6. The second-order valence-electron chi connectivity index (χ2n) is 7.37. The lowest BCUT2D eigenvalue weighted by Gasteiger charge is -2.41. The molecule has 1 saturated carbocycles. The first-order valence-corrected chi connectivity index (χ1v) is 9.72. The van der Waals surface area contributed by atoms with E-state index in [1.165, 1.54) is 36.3 Å². The summed E-state index contributed by atoms with van der Waals surface area (Å²) in [5, 5.41) is 4.06. The molecule has 1 nitrogen and oxygen atoms in total. The van der Waals surface area contributed by atoms with Crippen LogP contribution in [-0.2, 0) is 5.75 Å². The summed E-state index contributed by atoms with van der Waals surface area (Å²) in [6, 6.07) is 10.3. The largest absolute Gasteiger partial charge is 0.306 e. The molecule has 0 amide bonds. The number of hydrogen-bond donors (Lipinski definition) is 1. The Kier molecular flexibility index (Phi) is 4.96. The van der Waals surface area contributed by atoms with Crippen molar-refractivity contribution in [2.24, 2.45) is 17.8 Å². The minimum Gasteiger partial charge on any atom is -0.306 e. The van der Waals surface area contributed by atoms with E-state index in [1.807, 2.05) is 0 Å². The van der Waals surface area contributed by atoms with Gasteiger partial charge in [0.25, 0.3) is 0 Å². The number of fused-ring (bicyclic) bond motifs is 1. The lowest BCUT2D eigenvalue weighted by molar-refractivity contribution is 0.161. The first-order valence-electron chi connectivity index (χ1n) is 8.56. The average molecular weight is 304 g/mol. The van der Waals surface area contributed by atoms with Crippen LogP contribution in [0.25, 0.3) is 0 Å². The van der Waals surface area contributed by atoms with Gasteiger partial charge in [0.2, 0.25) is 0 Å². The molecule has 1 aromatic rings. The Morgan fingerprint density at radius 2 is 2.00 bits per heavy atom. The van der Waals surface area contributed by atoms with Crippen molar-refractivity contribution in [2.45, 2.75) is 57.9 Å². The van der Waals surface area contributed by atoms with Crippen LogP contribution in [0.1, 0.15) is 57.2 Å². The van der Waals surface area contributed by atoms with Crippen molar-refractivity contribution in [1.29, 1.82) is 0 Å². The number of nitrogens with one attached hydrogen (secondary N) is 1. The normalized spacial score (nSPS) is 33.0. The summed E-state index contributed by atoms with van der Waals surface area (Å²) in [7, 11) is 0. The van der Waals surface area contributed by atoms with E-state index < -0.39 is 0 Å². The monoisotopic (exact) mass is 303 g/mol. The zero-order chi connectivity index (χ0) is 14.8. The summed E-state index contributed by atoms with van der Waals surface area (Å²) < 4.78 is 0. The van der Waals surface area contributed by atoms with Crippen LogP contribution in [0, 0.1) is 17.8 Å². The molecular formula is C19H29NS. The van der Waals surface area contributed by atoms with Crippen molar-refractivity contribution in [3.8, 4) is 0 Å². The Bertz CT molecular complexity index is 470. The van der Waals surface area contributed by atoms with Crippen molar-refractivity contribution in [2.75, 3.05) is 5.75 Å². The summed E-state index contributed by atoms with van der Waals surface area (Å²) in [6.07, 6.45) is 4.17. The van der Waals surface area contributed by atoms with Gasteiger partial charge in [0.1, 0.15) is 0 Å². The minimum atomic E-state index is 0.552. The Morgan fingerprint density at radius 3 is 2.81 bits per heavy atom. The molecule has 2 aliphatic rings. The quantitative estimate of drug-likeness (QED) is 0.841. The van der Waals surface area contributed by atoms with Gasteiger partial charge in [0, 0.05) is 23.6 Å². The van der Waals surface area contributed by atoms with E-state index in [0.717, 1.165) is 17.8 Å². The van der Waals surface area contributed by atoms with E-state index in [0.29, 0.717) is 12.1 Å². The average Bonchev–Trinajstić information content (AvgIpc) is 2.47. The number of hydrogen-bond acceptors (Lipinski definition) is 2. The molecule has 0 aromatic heterocycles. The fraction of sp³-hybridized carbons (Fsp3) is 0.684. The molecule has 116 valence electrons. The summed E-state index contributed by atoms with van der Waals surface area (Å²) >= 11 is 2.08. The van der Waals surface area contributed by atoms with Crippen LogP contribution in [0.15, 0.2) is 24.3 Å². The van der Waals surface area contributed by atoms with Crippen LogP contribution in [0.2, 0.25) is 0 Å². The Labute approximate surface area is 134 Å². The van der Waals surface area contributed by atoms with Crippen LogP contribution in [0.3, 0.4) is 0 Å². The highest BCUT2D eigenvalue weighted by Crippen LogP contribution is 2.37. The predicted octanol–water partition coefficient (Wildman–Crippen LogP) is 5.02. The topological polar surface area (TPSA) is 12.0 Å². The molecule has 4 unspecified atom stereocenters. The van der Waals surface area contributed by atoms with E-state index in [9.17, 15) is 0 Å². The maximum absolute atomic E-state index is 4.06. The van der Waals surface area contributed by atoms with E-state index in [4.69, 9.17) is 0 Å². The second-order valence-corrected chi connectivity index (χ2v) is 8.40. The van der Waals surface area contributed by atoms with Gasteiger partial charge in [-0.1, -0.05) is 51.5 Å². The van der Waals surface area contributed by atoms with E-state index in [-0.39, 0.29) is 0 Å². The van der Waals surface area contributed by atoms with Gasteiger partial charge in [-0.15, -0.1) is 0 Å². The van der Waals surface area contributed by atoms with E-state index >= 15 is 0 Å². The molecule has 4 atom stereocenters. The Balaban J connectivity index is 1.76. The lowest BCUT2D eigenvalue weighted by atomic mass is 9.73. The van der Waals surface area contributed by atoms with Gasteiger partial charge < -0.3 is 5.32 Å². The van der Waals surface area contributed by atoms with Crippen LogP contribution < -0.4 is 5.32 Å². The fourth-order valence-electron chi connectivity index (χ4n) is 4.17. The highest BCUT2D eigenvalue weighted by atomic mass is 32.2. The van der Waals surface area contributed by atoms with Crippen molar-refractivity contribution >= 4 is 11.8 Å². The molecule has 1 aliphatic carbocycles. The number of benzene rings is 1.